The van der Waals surface area contributed by atoms with Crippen LogP contribution in [0.1, 0.15) is 20.3 Å². The van der Waals surface area contributed by atoms with Gasteiger partial charge in [0.15, 0.2) is 0 Å². The summed E-state index contributed by atoms with van der Waals surface area (Å²) in [5.74, 6) is -0.598. The average molecular weight is 274 g/mol. The molecule has 0 bridgehead atoms. The molecule has 0 heterocycles. The molecule has 1 fully saturated rings. The Balaban J connectivity index is 2.80. The van der Waals surface area contributed by atoms with Crippen LogP contribution in [0.2, 0.25) is 0 Å². The van der Waals surface area contributed by atoms with Crippen LogP contribution in [0, 0.1) is 11.3 Å². The molecule has 1 aliphatic rings. The molecule has 0 aromatic rings. The van der Waals surface area contributed by atoms with E-state index in [1.54, 1.807) is 0 Å². The lowest BCUT2D eigenvalue weighted by molar-refractivity contribution is -0.239. The summed E-state index contributed by atoms with van der Waals surface area (Å²) < 4.78 is 51.9. The smallest absolute Gasteiger partial charge is 0.393 e. The summed E-state index contributed by atoms with van der Waals surface area (Å²) >= 11 is 0. The van der Waals surface area contributed by atoms with Gasteiger partial charge in [-0.2, -0.15) is 8.78 Å². The summed E-state index contributed by atoms with van der Waals surface area (Å²) in [6.45, 7) is 2.69. The molecule has 0 radical (unpaired) electrons. The van der Waals surface area contributed by atoms with Gasteiger partial charge in [-0.3, -0.25) is 9.05 Å². The first-order valence-corrected chi connectivity index (χ1v) is 6.56. The van der Waals surface area contributed by atoms with Crippen LogP contribution in [-0.4, -0.2) is 31.5 Å². The lowest BCUT2D eigenvalue weighted by Gasteiger charge is -2.27. The highest BCUT2D eigenvalue weighted by molar-refractivity contribution is 7.48. The summed E-state index contributed by atoms with van der Waals surface area (Å²) in [5, 5.41) is 9.28. The summed E-state index contributed by atoms with van der Waals surface area (Å²) in [6, 6.07) is 0. The van der Waals surface area contributed by atoms with Gasteiger partial charge in [-0.25, -0.2) is 9.09 Å². The van der Waals surface area contributed by atoms with Crippen molar-refractivity contribution in [1.29, 1.82) is 0 Å². The van der Waals surface area contributed by atoms with Gasteiger partial charge in [-0.1, -0.05) is 6.92 Å². The van der Waals surface area contributed by atoms with Crippen molar-refractivity contribution >= 4 is 7.82 Å². The molecule has 1 rings (SSSR count). The molecule has 0 aromatic carbocycles. The maximum atomic E-state index is 13.8. The number of rotatable bonds is 6. The Morgan fingerprint density at radius 1 is 1.47 bits per heavy atom. The second kappa shape index (κ2) is 4.55. The predicted molar refractivity (Wildman–Crippen MR) is 55.6 cm³/mol. The van der Waals surface area contributed by atoms with E-state index in [0.29, 0.717) is 0 Å². The van der Waals surface area contributed by atoms with Crippen molar-refractivity contribution in [3.05, 3.63) is 0 Å². The summed E-state index contributed by atoms with van der Waals surface area (Å²) in [4.78, 5) is 0. The van der Waals surface area contributed by atoms with Crippen LogP contribution in [0.5, 0.6) is 0 Å². The molecule has 0 amide bonds. The van der Waals surface area contributed by atoms with Gasteiger partial charge >= 0.3 is 13.9 Å². The fraction of sp³-hybridized carbons (Fsp3) is 1.00. The molecular weight excluding hydrogens is 257 g/mol. The molecule has 0 unspecified atom stereocenters. The minimum absolute atomic E-state index is 0.0884. The van der Waals surface area contributed by atoms with E-state index in [4.69, 9.17) is 0 Å². The standard InChI is InChI=1S/C9H17F2O5P/c1-6(12)7-5-8(7,2)9(10,11)16-17(13,14-3)15-4/h6-7,12H,5H2,1-4H3/t6-,7-,8+/m1/s1. The van der Waals surface area contributed by atoms with Crippen molar-refractivity contribution in [3.8, 4) is 0 Å². The Hall–Kier alpha value is -0.0700. The molecule has 5 nitrogen and oxygen atoms in total. The Morgan fingerprint density at radius 2 is 1.94 bits per heavy atom. The zero-order valence-corrected chi connectivity index (χ0v) is 11.0. The second-order valence-electron chi connectivity index (χ2n) is 4.39. The van der Waals surface area contributed by atoms with E-state index in [9.17, 15) is 18.5 Å². The van der Waals surface area contributed by atoms with E-state index in [0.717, 1.165) is 14.2 Å². The largest absolute Gasteiger partial charge is 0.479 e. The Bertz CT molecular complexity index is 327. The number of aliphatic hydroxyl groups excluding tert-OH is 1. The maximum absolute atomic E-state index is 13.8. The number of hydrogen-bond acceptors (Lipinski definition) is 5. The molecule has 0 saturated heterocycles. The van der Waals surface area contributed by atoms with E-state index < -0.39 is 31.4 Å². The van der Waals surface area contributed by atoms with Gasteiger partial charge in [0.25, 0.3) is 0 Å². The Labute approximate surface area is 98.7 Å². The zero-order chi connectivity index (χ0) is 13.5. The molecule has 1 saturated carbocycles. The van der Waals surface area contributed by atoms with Gasteiger partial charge < -0.3 is 5.11 Å². The molecule has 0 spiro atoms. The quantitative estimate of drug-likeness (QED) is 0.753. The van der Waals surface area contributed by atoms with E-state index in [2.05, 4.69) is 13.6 Å². The normalized spacial score (nSPS) is 31.4. The van der Waals surface area contributed by atoms with E-state index in [1.807, 2.05) is 0 Å². The highest BCUT2D eigenvalue weighted by Crippen LogP contribution is 2.67. The Kier molecular flexibility index (Phi) is 4.01. The van der Waals surface area contributed by atoms with Gasteiger partial charge in [0.2, 0.25) is 0 Å². The third-order valence-electron chi connectivity index (χ3n) is 3.22. The first-order chi connectivity index (χ1) is 7.62. The van der Waals surface area contributed by atoms with Crippen molar-refractivity contribution in [2.75, 3.05) is 14.2 Å². The van der Waals surface area contributed by atoms with E-state index in [-0.39, 0.29) is 6.42 Å². The highest BCUT2D eigenvalue weighted by atomic mass is 31.2. The number of aliphatic hydroxyl groups is 1. The Morgan fingerprint density at radius 3 is 2.24 bits per heavy atom. The fourth-order valence-corrected chi connectivity index (χ4v) is 2.62. The minimum atomic E-state index is -4.25. The summed E-state index contributed by atoms with van der Waals surface area (Å²) in [5.41, 5.74) is -1.55. The van der Waals surface area contributed by atoms with Gasteiger partial charge in [-0.05, 0) is 19.3 Å². The fourth-order valence-electron chi connectivity index (χ4n) is 1.83. The third kappa shape index (κ3) is 2.69. The highest BCUT2D eigenvalue weighted by Gasteiger charge is 2.70. The molecule has 102 valence electrons. The number of phosphoric acid groups is 1. The lowest BCUT2D eigenvalue weighted by atomic mass is 10.0. The first kappa shape index (κ1) is 15.0. The molecule has 1 aliphatic carbocycles. The second-order valence-corrected chi connectivity index (χ2v) is 6.20. The molecule has 3 atom stereocenters. The molecular formula is C9H17F2O5P. The SMILES string of the molecule is COP(=O)(OC)OC(F)(F)[C@@]1(C)C[C@@H]1[C@@H](C)O. The van der Waals surface area contributed by atoms with Crippen molar-refractivity contribution in [2.24, 2.45) is 11.3 Å². The molecule has 17 heavy (non-hydrogen) atoms. The maximum Gasteiger partial charge on any atom is 0.479 e. The molecule has 8 heteroatoms. The van der Waals surface area contributed by atoms with Crippen LogP contribution in [0.15, 0.2) is 0 Å². The van der Waals surface area contributed by atoms with Crippen LogP contribution in [0.25, 0.3) is 0 Å². The summed E-state index contributed by atoms with van der Waals surface area (Å²) in [6.07, 6.45) is -4.47. The lowest BCUT2D eigenvalue weighted by Crippen LogP contribution is -2.33. The van der Waals surface area contributed by atoms with Gasteiger partial charge in [0.1, 0.15) is 0 Å². The molecule has 0 aromatic heterocycles. The van der Waals surface area contributed by atoms with Gasteiger partial charge in [-0.15, -0.1) is 0 Å². The van der Waals surface area contributed by atoms with Crippen LogP contribution < -0.4 is 0 Å². The van der Waals surface area contributed by atoms with Crippen LogP contribution in [-0.2, 0) is 18.1 Å². The first-order valence-electron chi connectivity index (χ1n) is 5.10. The van der Waals surface area contributed by atoms with E-state index in [1.165, 1.54) is 13.8 Å². The number of hydrogen-bond donors (Lipinski definition) is 1. The molecule has 1 N–H and O–H groups in total. The van der Waals surface area contributed by atoms with Crippen molar-refractivity contribution < 1.29 is 32.0 Å². The van der Waals surface area contributed by atoms with Crippen LogP contribution >= 0.6 is 7.82 Å². The predicted octanol–water partition coefficient (Wildman–Crippen LogP) is 2.40. The number of halogens is 2. The number of alkyl halides is 2. The summed E-state index contributed by atoms with van der Waals surface area (Å²) in [7, 11) is -2.33. The number of phosphoric ester groups is 1. The van der Waals surface area contributed by atoms with Crippen molar-refractivity contribution in [2.45, 2.75) is 32.5 Å². The van der Waals surface area contributed by atoms with Crippen LogP contribution in [0.4, 0.5) is 8.78 Å². The molecule has 0 aliphatic heterocycles. The topological polar surface area (TPSA) is 65.0 Å². The van der Waals surface area contributed by atoms with Crippen LogP contribution in [0.3, 0.4) is 0 Å². The zero-order valence-electron chi connectivity index (χ0n) is 10.1. The minimum Gasteiger partial charge on any atom is -0.393 e. The third-order valence-corrected chi connectivity index (χ3v) is 4.57. The van der Waals surface area contributed by atoms with Gasteiger partial charge in [0, 0.05) is 14.2 Å². The van der Waals surface area contributed by atoms with Gasteiger partial charge in [0.05, 0.1) is 11.5 Å². The van der Waals surface area contributed by atoms with Crippen molar-refractivity contribution in [1.82, 2.24) is 0 Å². The average Bonchev–Trinajstić information content (AvgIpc) is 2.92. The van der Waals surface area contributed by atoms with Crippen molar-refractivity contribution in [3.63, 3.8) is 0 Å². The van der Waals surface area contributed by atoms with E-state index >= 15 is 0 Å². The monoisotopic (exact) mass is 274 g/mol.